The summed E-state index contributed by atoms with van der Waals surface area (Å²) in [6.07, 6.45) is 10.6. The van der Waals surface area contributed by atoms with E-state index < -0.39 is 5.97 Å². The van der Waals surface area contributed by atoms with Crippen LogP contribution < -0.4 is 0 Å². The average molecular weight is 461 g/mol. The molecule has 0 heterocycles. The van der Waals surface area contributed by atoms with Crippen molar-refractivity contribution in [3.8, 4) is 0 Å². The molecule has 2 atom stereocenters. The first-order chi connectivity index (χ1) is 15.5. The highest BCUT2D eigenvalue weighted by Gasteiger charge is 2.09. The first-order valence-electron chi connectivity index (χ1n) is 12.6. The molecule has 0 bridgehead atoms. The fraction of sp³-hybridized carbons (Fsp3) is 0.885. The van der Waals surface area contributed by atoms with Crippen LogP contribution in [0.1, 0.15) is 86.0 Å². The van der Waals surface area contributed by atoms with Crippen LogP contribution in [0.2, 0.25) is 0 Å². The van der Waals surface area contributed by atoms with Crippen LogP contribution in [0.3, 0.4) is 0 Å². The second-order valence-corrected chi connectivity index (χ2v) is 8.24. The fourth-order valence-electron chi connectivity index (χ4n) is 2.90. The summed E-state index contributed by atoms with van der Waals surface area (Å²) in [5.74, 6) is 1.17. The van der Waals surface area contributed by atoms with Crippen molar-refractivity contribution in [2.75, 3.05) is 52.9 Å². The lowest BCUT2D eigenvalue weighted by Crippen LogP contribution is -2.14. The first kappa shape index (κ1) is 33.2. The van der Waals surface area contributed by atoms with E-state index in [-0.39, 0.29) is 13.2 Å². The van der Waals surface area contributed by atoms with Crippen LogP contribution in [-0.4, -0.2) is 63.9 Å². The van der Waals surface area contributed by atoms with Crippen molar-refractivity contribution in [3.05, 3.63) is 12.2 Å². The lowest BCUT2D eigenvalue weighted by Gasteiger charge is -2.18. The zero-order valence-corrected chi connectivity index (χ0v) is 21.7. The van der Waals surface area contributed by atoms with Gasteiger partial charge in [-0.25, -0.2) is 4.79 Å². The molecule has 0 aliphatic heterocycles. The molecule has 0 aliphatic rings. The highest BCUT2D eigenvalue weighted by Crippen LogP contribution is 2.16. The quantitative estimate of drug-likeness (QED) is 0.137. The summed E-state index contributed by atoms with van der Waals surface area (Å²) in [7, 11) is 0. The van der Waals surface area contributed by atoms with Crippen molar-refractivity contribution >= 4 is 5.97 Å². The molecular weight excluding hydrogens is 408 g/mol. The van der Waals surface area contributed by atoms with Crippen molar-refractivity contribution in [2.45, 2.75) is 86.0 Å². The Morgan fingerprint density at radius 2 is 1.25 bits per heavy atom. The first-order valence-corrected chi connectivity index (χ1v) is 12.6. The van der Waals surface area contributed by atoms with Crippen LogP contribution >= 0.6 is 0 Å². The predicted molar refractivity (Wildman–Crippen MR) is 132 cm³/mol. The molecule has 0 fully saturated rings. The minimum Gasteiger partial charge on any atom is -0.460 e. The average Bonchev–Trinajstić information content (AvgIpc) is 2.80. The van der Waals surface area contributed by atoms with Gasteiger partial charge in [-0.05, 0) is 31.6 Å². The molecule has 32 heavy (non-hydrogen) atoms. The van der Waals surface area contributed by atoms with Crippen LogP contribution in [0.5, 0.6) is 0 Å². The molecule has 2 unspecified atom stereocenters. The number of ether oxygens (including phenoxy) is 4. The Morgan fingerprint density at radius 1 is 0.781 bits per heavy atom. The number of carbonyl (C=O) groups is 1. The van der Waals surface area contributed by atoms with E-state index in [9.17, 15) is 4.79 Å². The van der Waals surface area contributed by atoms with E-state index in [1.807, 2.05) is 0 Å². The number of esters is 1. The van der Waals surface area contributed by atoms with E-state index in [4.69, 9.17) is 24.1 Å². The smallest absolute Gasteiger partial charge is 0.333 e. The van der Waals surface area contributed by atoms with Gasteiger partial charge < -0.3 is 24.1 Å². The molecule has 0 saturated heterocycles. The van der Waals surface area contributed by atoms with Gasteiger partial charge in [0.1, 0.15) is 6.61 Å². The Hall–Kier alpha value is -0.950. The Labute approximate surface area is 198 Å². The molecule has 0 amide bonds. The number of aliphatic hydroxyl groups is 1. The molecular formula is C26H52O6. The Balaban J connectivity index is 0. The molecule has 0 aromatic carbocycles. The van der Waals surface area contributed by atoms with E-state index in [0.29, 0.717) is 32.0 Å². The van der Waals surface area contributed by atoms with E-state index >= 15 is 0 Å². The van der Waals surface area contributed by atoms with Crippen molar-refractivity contribution in [1.29, 1.82) is 0 Å². The minimum absolute atomic E-state index is 0.0101. The molecule has 0 saturated carbocycles. The fourth-order valence-corrected chi connectivity index (χ4v) is 2.90. The lowest BCUT2D eigenvalue weighted by molar-refractivity contribution is -0.140. The maximum Gasteiger partial charge on any atom is 0.333 e. The van der Waals surface area contributed by atoms with E-state index in [2.05, 4.69) is 34.3 Å². The summed E-state index contributed by atoms with van der Waals surface area (Å²) in [5, 5.41) is 8.39. The topological polar surface area (TPSA) is 74.2 Å². The number of rotatable bonds is 21. The number of hydrogen-bond donors (Lipinski definition) is 1. The van der Waals surface area contributed by atoms with Crippen LogP contribution in [-0.2, 0) is 23.7 Å². The van der Waals surface area contributed by atoms with Gasteiger partial charge in [0.15, 0.2) is 0 Å². The summed E-state index contributed by atoms with van der Waals surface area (Å²) in [4.78, 5) is 10.9. The van der Waals surface area contributed by atoms with Crippen LogP contribution in [0.4, 0.5) is 0 Å². The molecule has 1 N–H and O–H groups in total. The van der Waals surface area contributed by atoms with E-state index in [0.717, 1.165) is 25.0 Å². The SMILES string of the molecule is C=C(C)C(=O)OCCOCCOCCO.CCCCC(CC)COCC(CC)CCCC. The Morgan fingerprint density at radius 3 is 1.66 bits per heavy atom. The van der Waals surface area contributed by atoms with Gasteiger partial charge >= 0.3 is 5.97 Å². The van der Waals surface area contributed by atoms with E-state index in [1.165, 1.54) is 51.4 Å². The summed E-state index contributed by atoms with van der Waals surface area (Å²) in [5.41, 5.74) is 0.376. The third-order valence-corrected chi connectivity index (χ3v) is 5.21. The minimum atomic E-state index is -0.407. The number of hydrogen-bond acceptors (Lipinski definition) is 6. The highest BCUT2D eigenvalue weighted by atomic mass is 16.6. The van der Waals surface area contributed by atoms with Crippen LogP contribution in [0.25, 0.3) is 0 Å². The Bertz CT molecular complexity index is 397. The molecule has 0 rings (SSSR count). The third-order valence-electron chi connectivity index (χ3n) is 5.21. The van der Waals surface area contributed by atoms with Crippen LogP contribution in [0, 0.1) is 11.8 Å². The second kappa shape index (κ2) is 26.3. The summed E-state index contributed by atoms with van der Waals surface area (Å²) >= 11 is 0. The largest absolute Gasteiger partial charge is 0.460 e. The van der Waals surface area contributed by atoms with Gasteiger partial charge in [-0.15, -0.1) is 0 Å². The maximum absolute atomic E-state index is 10.9. The molecule has 6 heteroatoms. The van der Waals surface area contributed by atoms with Crippen molar-refractivity contribution in [2.24, 2.45) is 11.8 Å². The molecule has 192 valence electrons. The predicted octanol–water partition coefficient (Wildman–Crippen LogP) is 5.57. The van der Waals surface area contributed by atoms with Gasteiger partial charge in [-0.3, -0.25) is 0 Å². The van der Waals surface area contributed by atoms with Crippen LogP contribution in [0.15, 0.2) is 12.2 Å². The van der Waals surface area contributed by atoms with Gasteiger partial charge in [-0.2, -0.15) is 0 Å². The maximum atomic E-state index is 10.9. The normalized spacial score (nSPS) is 12.6. The molecule has 0 spiro atoms. The molecule has 0 aromatic rings. The molecule has 6 nitrogen and oxygen atoms in total. The number of aliphatic hydroxyl groups excluding tert-OH is 1. The standard InChI is InChI=1S/C16H34O.C10H18O5/c1-5-9-11-15(7-3)13-17-14-16(8-4)12-10-6-2;1-9(2)10(12)15-8-7-14-6-5-13-4-3-11/h15-16H,5-14H2,1-4H3;11H,1,3-8H2,2H3. The number of unbranched alkanes of at least 4 members (excludes halogenated alkanes) is 2. The van der Waals surface area contributed by atoms with Crippen molar-refractivity contribution < 1.29 is 28.8 Å². The third kappa shape index (κ3) is 23.7. The van der Waals surface area contributed by atoms with E-state index in [1.54, 1.807) is 6.92 Å². The van der Waals surface area contributed by atoms with Gasteiger partial charge in [0.05, 0.1) is 33.0 Å². The molecule has 0 aliphatic carbocycles. The zero-order chi connectivity index (χ0) is 24.5. The number of carbonyl (C=O) groups excluding carboxylic acids is 1. The summed E-state index contributed by atoms with van der Waals surface area (Å²) < 4.78 is 20.8. The Kier molecular flexibility index (Phi) is 27.3. The second-order valence-electron chi connectivity index (χ2n) is 8.24. The monoisotopic (exact) mass is 460 g/mol. The van der Waals surface area contributed by atoms with Gasteiger partial charge in [0.2, 0.25) is 0 Å². The van der Waals surface area contributed by atoms with Gasteiger partial charge in [0.25, 0.3) is 0 Å². The van der Waals surface area contributed by atoms with Crippen molar-refractivity contribution in [1.82, 2.24) is 0 Å². The van der Waals surface area contributed by atoms with Crippen molar-refractivity contribution in [3.63, 3.8) is 0 Å². The summed E-state index contributed by atoms with van der Waals surface area (Å²) in [6.45, 7) is 17.8. The summed E-state index contributed by atoms with van der Waals surface area (Å²) in [6, 6.07) is 0. The van der Waals surface area contributed by atoms with Gasteiger partial charge in [0, 0.05) is 18.8 Å². The molecule has 0 aromatic heterocycles. The zero-order valence-electron chi connectivity index (χ0n) is 21.7. The highest BCUT2D eigenvalue weighted by molar-refractivity contribution is 5.86. The van der Waals surface area contributed by atoms with Gasteiger partial charge in [-0.1, -0.05) is 72.8 Å². The molecule has 0 radical (unpaired) electrons. The lowest BCUT2D eigenvalue weighted by atomic mass is 9.99.